The minimum atomic E-state index is -0.593. The molecule has 5 nitrogen and oxygen atoms in total. The van der Waals surface area contributed by atoms with Crippen LogP contribution in [-0.2, 0) is 16.1 Å². The van der Waals surface area contributed by atoms with Gasteiger partial charge >= 0.3 is 5.97 Å². The summed E-state index contributed by atoms with van der Waals surface area (Å²) < 4.78 is 24.4. The minimum Gasteiger partial charge on any atom is -0.484 e. The molecule has 7 heteroatoms. The third-order valence-corrected chi connectivity index (χ3v) is 3.34. The van der Waals surface area contributed by atoms with Gasteiger partial charge in [-0.3, -0.25) is 4.79 Å². The second kappa shape index (κ2) is 7.73. The zero-order valence-electron chi connectivity index (χ0n) is 11.9. The van der Waals surface area contributed by atoms with E-state index in [1.807, 2.05) is 0 Å². The summed E-state index contributed by atoms with van der Waals surface area (Å²) in [7, 11) is 0. The second-order valence-electron chi connectivity index (χ2n) is 4.59. The Kier molecular flexibility index (Phi) is 5.70. The normalized spacial score (nSPS) is 10.2. The molecular formula is C16H13BrFNO4. The number of primary amides is 1. The summed E-state index contributed by atoms with van der Waals surface area (Å²) >= 11 is 3.15. The highest BCUT2D eigenvalue weighted by molar-refractivity contribution is 9.10. The van der Waals surface area contributed by atoms with Crippen LogP contribution in [0.3, 0.4) is 0 Å². The van der Waals surface area contributed by atoms with Gasteiger partial charge in [0.2, 0.25) is 0 Å². The van der Waals surface area contributed by atoms with Crippen molar-refractivity contribution >= 4 is 27.8 Å². The number of amides is 1. The molecule has 120 valence electrons. The van der Waals surface area contributed by atoms with Crippen LogP contribution in [0.1, 0.15) is 15.9 Å². The molecule has 0 aliphatic carbocycles. The lowest BCUT2D eigenvalue weighted by atomic mass is 10.2. The maximum absolute atomic E-state index is 13.6. The molecule has 0 atom stereocenters. The molecule has 0 radical (unpaired) electrons. The Labute approximate surface area is 140 Å². The largest absolute Gasteiger partial charge is 0.484 e. The molecule has 0 spiro atoms. The zero-order valence-corrected chi connectivity index (χ0v) is 13.5. The number of rotatable bonds is 6. The van der Waals surface area contributed by atoms with Crippen LogP contribution in [0.25, 0.3) is 0 Å². The maximum atomic E-state index is 13.6. The van der Waals surface area contributed by atoms with E-state index in [4.69, 9.17) is 15.2 Å². The van der Waals surface area contributed by atoms with Crippen molar-refractivity contribution in [2.45, 2.75) is 6.61 Å². The molecule has 0 aliphatic rings. The van der Waals surface area contributed by atoms with Crippen molar-refractivity contribution in [3.63, 3.8) is 0 Å². The maximum Gasteiger partial charge on any atom is 0.338 e. The standard InChI is InChI=1S/C16H13BrFNO4/c17-12-4-1-11(14(18)7-12)8-23-16(21)10-2-5-13(6-3-10)22-9-15(19)20/h1-7H,8-9H2,(H2,19,20). The monoisotopic (exact) mass is 381 g/mol. The van der Waals surface area contributed by atoms with Gasteiger partial charge in [0.15, 0.2) is 6.61 Å². The van der Waals surface area contributed by atoms with E-state index in [0.717, 1.165) is 0 Å². The number of carbonyl (C=O) groups is 2. The predicted octanol–water partition coefficient (Wildman–Crippen LogP) is 2.81. The van der Waals surface area contributed by atoms with Crippen molar-refractivity contribution in [2.24, 2.45) is 5.73 Å². The predicted molar refractivity (Wildman–Crippen MR) is 84.4 cm³/mol. The van der Waals surface area contributed by atoms with E-state index in [-0.39, 0.29) is 24.3 Å². The Hall–Kier alpha value is -2.41. The van der Waals surface area contributed by atoms with Crippen molar-refractivity contribution in [3.8, 4) is 5.75 Å². The van der Waals surface area contributed by atoms with Gasteiger partial charge in [0, 0.05) is 10.0 Å². The molecule has 23 heavy (non-hydrogen) atoms. The molecule has 0 heterocycles. The molecule has 1 amide bonds. The lowest BCUT2D eigenvalue weighted by Gasteiger charge is -2.07. The fourth-order valence-electron chi connectivity index (χ4n) is 1.71. The van der Waals surface area contributed by atoms with Crippen LogP contribution < -0.4 is 10.5 Å². The molecule has 2 aromatic carbocycles. The van der Waals surface area contributed by atoms with Crippen LogP contribution in [0, 0.1) is 5.82 Å². The summed E-state index contributed by atoms with van der Waals surface area (Å²) in [5, 5.41) is 0. The third kappa shape index (κ3) is 5.07. The van der Waals surface area contributed by atoms with Crippen molar-refractivity contribution in [1.29, 1.82) is 0 Å². The number of benzene rings is 2. The van der Waals surface area contributed by atoms with Gasteiger partial charge in [-0.15, -0.1) is 0 Å². The van der Waals surface area contributed by atoms with Gasteiger partial charge in [-0.2, -0.15) is 0 Å². The molecule has 0 saturated carbocycles. The molecule has 0 bridgehead atoms. The number of halogens is 2. The van der Waals surface area contributed by atoms with E-state index in [9.17, 15) is 14.0 Å². The van der Waals surface area contributed by atoms with E-state index in [1.54, 1.807) is 6.07 Å². The number of hydrogen-bond donors (Lipinski definition) is 1. The Balaban J connectivity index is 1.94. The van der Waals surface area contributed by atoms with E-state index < -0.39 is 17.7 Å². The molecule has 0 aliphatic heterocycles. The molecule has 2 N–H and O–H groups in total. The van der Waals surface area contributed by atoms with E-state index in [1.165, 1.54) is 36.4 Å². The zero-order chi connectivity index (χ0) is 16.8. The van der Waals surface area contributed by atoms with Gasteiger partial charge in [0.05, 0.1) is 5.56 Å². The summed E-state index contributed by atoms with van der Waals surface area (Å²) in [6, 6.07) is 10.5. The van der Waals surface area contributed by atoms with Gasteiger partial charge in [-0.05, 0) is 36.4 Å². The lowest BCUT2D eigenvalue weighted by Crippen LogP contribution is -2.20. The Morgan fingerprint density at radius 3 is 2.43 bits per heavy atom. The van der Waals surface area contributed by atoms with Gasteiger partial charge in [0.1, 0.15) is 18.2 Å². The molecule has 0 aromatic heterocycles. The molecule has 0 saturated heterocycles. The van der Waals surface area contributed by atoms with Crippen molar-refractivity contribution in [3.05, 3.63) is 63.9 Å². The summed E-state index contributed by atoms with van der Waals surface area (Å²) in [6.45, 7) is -0.412. The van der Waals surface area contributed by atoms with Crippen molar-refractivity contribution in [2.75, 3.05) is 6.61 Å². The Bertz CT molecular complexity index is 719. The van der Waals surface area contributed by atoms with E-state index in [2.05, 4.69) is 15.9 Å². The van der Waals surface area contributed by atoms with Crippen LogP contribution in [0.15, 0.2) is 46.9 Å². The summed E-state index contributed by atoms with van der Waals surface area (Å²) in [6.07, 6.45) is 0. The van der Waals surface area contributed by atoms with Crippen LogP contribution >= 0.6 is 15.9 Å². The Morgan fingerprint density at radius 2 is 1.83 bits per heavy atom. The van der Waals surface area contributed by atoms with Gasteiger partial charge in [-0.1, -0.05) is 22.0 Å². The average Bonchev–Trinajstić information content (AvgIpc) is 2.52. The molecule has 0 fully saturated rings. The van der Waals surface area contributed by atoms with Crippen molar-refractivity contribution < 1.29 is 23.5 Å². The quantitative estimate of drug-likeness (QED) is 0.780. The van der Waals surface area contributed by atoms with E-state index in [0.29, 0.717) is 10.2 Å². The first-order valence-electron chi connectivity index (χ1n) is 6.58. The van der Waals surface area contributed by atoms with Gasteiger partial charge in [0.25, 0.3) is 5.91 Å². The summed E-state index contributed by atoms with van der Waals surface area (Å²) in [5.41, 5.74) is 5.53. The van der Waals surface area contributed by atoms with Gasteiger partial charge in [-0.25, -0.2) is 9.18 Å². The van der Waals surface area contributed by atoms with Crippen LogP contribution in [0.2, 0.25) is 0 Å². The topological polar surface area (TPSA) is 78.6 Å². The molecule has 0 unspecified atom stereocenters. The third-order valence-electron chi connectivity index (χ3n) is 2.84. The van der Waals surface area contributed by atoms with Gasteiger partial charge < -0.3 is 15.2 Å². The van der Waals surface area contributed by atoms with Crippen LogP contribution in [0.4, 0.5) is 4.39 Å². The fourth-order valence-corrected chi connectivity index (χ4v) is 2.04. The number of hydrogen-bond acceptors (Lipinski definition) is 4. The number of ether oxygens (including phenoxy) is 2. The average molecular weight is 382 g/mol. The molecular weight excluding hydrogens is 369 g/mol. The highest BCUT2D eigenvalue weighted by Crippen LogP contribution is 2.17. The smallest absolute Gasteiger partial charge is 0.338 e. The SMILES string of the molecule is NC(=O)COc1ccc(C(=O)OCc2ccc(Br)cc2F)cc1. The van der Waals surface area contributed by atoms with Crippen LogP contribution in [-0.4, -0.2) is 18.5 Å². The summed E-state index contributed by atoms with van der Waals surface area (Å²) in [4.78, 5) is 22.5. The van der Waals surface area contributed by atoms with Crippen molar-refractivity contribution in [1.82, 2.24) is 0 Å². The molecule has 2 aromatic rings. The number of nitrogens with two attached hydrogens (primary N) is 1. The minimum absolute atomic E-state index is 0.169. The van der Waals surface area contributed by atoms with Crippen LogP contribution in [0.5, 0.6) is 5.75 Å². The lowest BCUT2D eigenvalue weighted by molar-refractivity contribution is -0.119. The Morgan fingerprint density at radius 1 is 1.13 bits per heavy atom. The summed E-state index contributed by atoms with van der Waals surface area (Å²) in [5.74, 6) is -1.24. The van der Waals surface area contributed by atoms with E-state index >= 15 is 0 Å². The fraction of sp³-hybridized carbons (Fsp3) is 0.125. The first kappa shape index (κ1) is 17.0. The first-order chi connectivity index (χ1) is 11.0. The highest BCUT2D eigenvalue weighted by atomic mass is 79.9. The number of carbonyl (C=O) groups excluding carboxylic acids is 2. The highest BCUT2D eigenvalue weighted by Gasteiger charge is 2.10. The second-order valence-corrected chi connectivity index (χ2v) is 5.51. The number of esters is 1. The first-order valence-corrected chi connectivity index (χ1v) is 7.37. The molecule has 2 rings (SSSR count).